The smallest absolute Gasteiger partial charge is 0.352 e. The van der Waals surface area contributed by atoms with Crippen LogP contribution in [0.15, 0.2) is 71.9 Å². The molecule has 2 amide bonds. The van der Waals surface area contributed by atoms with Crippen LogP contribution in [0.1, 0.15) is 44.9 Å². The number of hydrogen-bond donors (Lipinski definition) is 2. The summed E-state index contributed by atoms with van der Waals surface area (Å²) < 4.78 is 42.5. The van der Waals surface area contributed by atoms with E-state index < -0.39 is 40.7 Å². The van der Waals surface area contributed by atoms with Gasteiger partial charge in [-0.1, -0.05) is 36.4 Å². The summed E-state index contributed by atoms with van der Waals surface area (Å²) >= 11 is 0. The van der Waals surface area contributed by atoms with Crippen LogP contribution in [-0.4, -0.2) is 34.1 Å². The maximum Gasteiger partial charge on any atom is 0.414 e. The van der Waals surface area contributed by atoms with Crippen LogP contribution in [0.3, 0.4) is 0 Å². The van der Waals surface area contributed by atoms with E-state index in [9.17, 15) is 27.6 Å². The molecule has 2 heterocycles. The minimum Gasteiger partial charge on any atom is -0.352 e. The van der Waals surface area contributed by atoms with E-state index in [-0.39, 0.29) is 12.1 Å². The number of amides is 2. The van der Waals surface area contributed by atoms with Gasteiger partial charge in [-0.25, -0.2) is 0 Å². The molecule has 1 aromatic carbocycles. The molecular formula is C24H23F3N4O3. The van der Waals surface area contributed by atoms with E-state index in [1.165, 1.54) is 29.1 Å². The number of pyridine rings is 2. The van der Waals surface area contributed by atoms with Crippen LogP contribution in [-0.2, 0) is 13.0 Å². The van der Waals surface area contributed by atoms with E-state index in [1.54, 1.807) is 6.92 Å². The first kappa shape index (κ1) is 24.7. The Bertz CT molecular complexity index is 1200. The van der Waals surface area contributed by atoms with Gasteiger partial charge in [-0.3, -0.25) is 19.4 Å². The first-order chi connectivity index (χ1) is 16.2. The Morgan fingerprint density at radius 2 is 1.65 bits per heavy atom. The Morgan fingerprint density at radius 3 is 2.24 bits per heavy atom. The number of benzene rings is 1. The van der Waals surface area contributed by atoms with E-state index in [0.717, 1.165) is 17.8 Å². The third kappa shape index (κ3) is 6.09. The Labute approximate surface area is 193 Å². The molecule has 0 aliphatic rings. The number of aryl methyl sites for hydroxylation is 2. The van der Waals surface area contributed by atoms with Gasteiger partial charge in [0.1, 0.15) is 11.1 Å². The van der Waals surface area contributed by atoms with E-state index in [1.807, 2.05) is 35.6 Å². The Kier molecular flexibility index (Phi) is 7.83. The zero-order valence-corrected chi connectivity index (χ0v) is 18.3. The summed E-state index contributed by atoms with van der Waals surface area (Å²) in [5, 5.41) is 4.34. The monoisotopic (exact) mass is 472 g/mol. The highest BCUT2D eigenvalue weighted by Crippen LogP contribution is 2.31. The summed E-state index contributed by atoms with van der Waals surface area (Å²) in [7, 11) is 0. The molecule has 0 bridgehead atoms. The maximum atomic E-state index is 13.7. The summed E-state index contributed by atoms with van der Waals surface area (Å²) in [4.78, 5) is 41.9. The topological polar surface area (TPSA) is 93.1 Å². The average Bonchev–Trinajstić information content (AvgIpc) is 2.82. The number of carbonyl (C=O) groups is 2. The van der Waals surface area contributed by atoms with Crippen LogP contribution in [0, 0.1) is 0 Å². The molecule has 7 nitrogen and oxygen atoms in total. The van der Waals surface area contributed by atoms with Crippen molar-refractivity contribution in [2.45, 2.75) is 32.1 Å². The third-order valence-corrected chi connectivity index (χ3v) is 4.99. The van der Waals surface area contributed by atoms with Gasteiger partial charge in [0.2, 0.25) is 5.43 Å². The summed E-state index contributed by atoms with van der Waals surface area (Å²) in [5.41, 5.74) is -1.31. The zero-order valence-electron chi connectivity index (χ0n) is 18.3. The lowest BCUT2D eigenvalue weighted by atomic mass is 10.1. The average molecular weight is 472 g/mol. The minimum absolute atomic E-state index is 0.231. The maximum absolute atomic E-state index is 13.7. The van der Waals surface area contributed by atoms with Gasteiger partial charge < -0.3 is 15.2 Å². The van der Waals surface area contributed by atoms with Gasteiger partial charge in [-0.2, -0.15) is 13.2 Å². The fraction of sp³-hybridized carbons (Fsp3) is 0.250. The second-order valence-corrected chi connectivity index (χ2v) is 7.45. The van der Waals surface area contributed by atoms with Crippen LogP contribution in [0.5, 0.6) is 0 Å². The molecule has 178 valence electrons. The van der Waals surface area contributed by atoms with Crippen molar-refractivity contribution in [3.05, 3.63) is 99.7 Å². The molecule has 3 aromatic rings. The molecule has 0 aliphatic carbocycles. The van der Waals surface area contributed by atoms with E-state index in [2.05, 4.69) is 10.3 Å². The normalized spacial score (nSPS) is 12.1. The quantitative estimate of drug-likeness (QED) is 0.526. The molecule has 34 heavy (non-hydrogen) atoms. The van der Waals surface area contributed by atoms with Crippen molar-refractivity contribution >= 4 is 11.8 Å². The molecule has 0 saturated carbocycles. The highest BCUT2D eigenvalue weighted by Gasteiger charge is 2.43. The summed E-state index contributed by atoms with van der Waals surface area (Å²) in [6.45, 7) is 2.18. The van der Waals surface area contributed by atoms with Crippen LogP contribution < -0.4 is 16.1 Å². The second-order valence-electron chi connectivity index (χ2n) is 7.45. The third-order valence-electron chi connectivity index (χ3n) is 4.99. The molecule has 0 fully saturated rings. The first-order valence-electron chi connectivity index (χ1n) is 10.6. The van der Waals surface area contributed by atoms with E-state index in [4.69, 9.17) is 0 Å². The van der Waals surface area contributed by atoms with Gasteiger partial charge in [-0.15, -0.1) is 0 Å². The van der Waals surface area contributed by atoms with Gasteiger partial charge >= 0.3 is 6.18 Å². The molecule has 2 N–H and O–H groups in total. The number of hydrogen-bond acceptors (Lipinski definition) is 4. The molecule has 2 aromatic heterocycles. The fourth-order valence-electron chi connectivity index (χ4n) is 3.32. The van der Waals surface area contributed by atoms with Crippen molar-refractivity contribution in [1.82, 2.24) is 20.2 Å². The molecule has 0 aliphatic heterocycles. The SMILES string of the molecule is CCNC(=O)c1cn(CCc2ccccc2)cc(C(=O)NC(c2ccccn2)C(F)(F)F)c1=O. The molecule has 10 heteroatoms. The molecule has 0 spiro atoms. The van der Waals surface area contributed by atoms with Gasteiger partial charge in [0.15, 0.2) is 6.04 Å². The molecular weight excluding hydrogens is 449 g/mol. The summed E-state index contributed by atoms with van der Waals surface area (Å²) in [6.07, 6.45) is -0.707. The summed E-state index contributed by atoms with van der Waals surface area (Å²) in [5.74, 6) is -1.97. The highest BCUT2D eigenvalue weighted by molar-refractivity contribution is 5.99. The number of nitrogens with one attached hydrogen (secondary N) is 2. The largest absolute Gasteiger partial charge is 0.414 e. The lowest BCUT2D eigenvalue weighted by molar-refractivity contribution is -0.156. The molecule has 1 unspecified atom stereocenters. The van der Waals surface area contributed by atoms with Gasteiger partial charge in [0, 0.05) is 31.7 Å². The number of rotatable bonds is 8. The first-order valence-corrected chi connectivity index (χ1v) is 10.6. The fourth-order valence-corrected chi connectivity index (χ4v) is 3.32. The van der Waals surface area contributed by atoms with Gasteiger partial charge in [-0.05, 0) is 31.0 Å². The van der Waals surface area contributed by atoms with Crippen LogP contribution in [0.25, 0.3) is 0 Å². The second kappa shape index (κ2) is 10.8. The van der Waals surface area contributed by atoms with Crippen molar-refractivity contribution < 1.29 is 22.8 Å². The Hall–Kier alpha value is -3.95. The van der Waals surface area contributed by atoms with Crippen LogP contribution in [0.4, 0.5) is 13.2 Å². The highest BCUT2D eigenvalue weighted by atomic mass is 19.4. The molecule has 0 radical (unpaired) electrons. The summed E-state index contributed by atoms with van der Waals surface area (Å²) in [6, 6.07) is 10.9. The van der Waals surface area contributed by atoms with E-state index >= 15 is 0 Å². The van der Waals surface area contributed by atoms with Crippen molar-refractivity contribution in [1.29, 1.82) is 0 Å². The molecule has 0 saturated heterocycles. The zero-order chi connectivity index (χ0) is 24.7. The Morgan fingerprint density at radius 1 is 1.00 bits per heavy atom. The van der Waals surface area contributed by atoms with Gasteiger partial charge in [0.25, 0.3) is 11.8 Å². The number of aromatic nitrogens is 2. The van der Waals surface area contributed by atoms with Gasteiger partial charge in [0.05, 0.1) is 5.69 Å². The number of halogens is 3. The standard InChI is InChI=1S/C24H23F3N4O3/c1-2-28-22(33)17-14-31(13-11-16-8-4-3-5-9-16)15-18(20(17)32)23(34)30-21(24(25,26)27)19-10-6-7-12-29-19/h3-10,12,14-15,21H,2,11,13H2,1H3,(H,28,33)(H,30,34). The van der Waals surface area contributed by atoms with Crippen LogP contribution >= 0.6 is 0 Å². The van der Waals surface area contributed by atoms with E-state index in [0.29, 0.717) is 13.0 Å². The predicted molar refractivity (Wildman–Crippen MR) is 119 cm³/mol. The number of nitrogens with zero attached hydrogens (tertiary/aromatic N) is 2. The van der Waals surface area contributed by atoms with Crippen molar-refractivity contribution in [2.24, 2.45) is 0 Å². The number of alkyl halides is 3. The molecule has 1 atom stereocenters. The predicted octanol–water partition coefficient (Wildman–Crippen LogP) is 3.27. The minimum atomic E-state index is -4.85. The lowest BCUT2D eigenvalue weighted by Gasteiger charge is -2.21. The lowest BCUT2D eigenvalue weighted by Crippen LogP contribution is -2.41. The van der Waals surface area contributed by atoms with Crippen LogP contribution in [0.2, 0.25) is 0 Å². The van der Waals surface area contributed by atoms with Crippen molar-refractivity contribution in [3.63, 3.8) is 0 Å². The van der Waals surface area contributed by atoms with Crippen molar-refractivity contribution in [3.8, 4) is 0 Å². The number of carbonyl (C=O) groups excluding carboxylic acids is 2. The Balaban J connectivity index is 1.97. The van der Waals surface area contributed by atoms with Crippen molar-refractivity contribution in [2.75, 3.05) is 6.54 Å². The molecule has 3 rings (SSSR count).